The van der Waals surface area contributed by atoms with Crippen molar-refractivity contribution in [1.29, 1.82) is 0 Å². The predicted molar refractivity (Wildman–Crippen MR) is 122 cm³/mol. The monoisotopic (exact) mass is 462 g/mol. The average Bonchev–Trinajstić information content (AvgIpc) is 3.45. The molecule has 0 amide bonds. The lowest BCUT2D eigenvalue weighted by Crippen LogP contribution is -2.11. The Morgan fingerprint density at radius 3 is 2.55 bits per heavy atom. The number of halogens is 1. The molecule has 8 nitrogen and oxygen atoms in total. The van der Waals surface area contributed by atoms with Crippen molar-refractivity contribution in [2.45, 2.75) is 0 Å². The summed E-state index contributed by atoms with van der Waals surface area (Å²) < 4.78 is 25.7. The zero-order valence-corrected chi connectivity index (χ0v) is 17.7. The molecule has 1 aliphatic rings. The summed E-state index contributed by atoms with van der Waals surface area (Å²) in [5.41, 5.74) is 2.80. The van der Waals surface area contributed by atoms with Gasteiger partial charge < -0.3 is 9.47 Å². The van der Waals surface area contributed by atoms with Gasteiger partial charge in [-0.25, -0.2) is 14.1 Å². The number of hydrogen-bond donors (Lipinski definition) is 0. The van der Waals surface area contributed by atoms with E-state index in [9.17, 15) is 14.5 Å². The van der Waals surface area contributed by atoms with Crippen molar-refractivity contribution in [3.8, 4) is 22.8 Å². The zero-order chi connectivity index (χ0) is 22.8. The van der Waals surface area contributed by atoms with Gasteiger partial charge in [-0.1, -0.05) is 0 Å². The number of nitro groups is 1. The fourth-order valence-electron chi connectivity index (χ4n) is 3.18. The Morgan fingerprint density at radius 2 is 1.79 bits per heavy atom. The van der Waals surface area contributed by atoms with E-state index in [-0.39, 0.29) is 18.3 Å². The maximum Gasteiger partial charge on any atom is 0.269 e. The fraction of sp³-hybridized carbons (Fsp3) is 0.0435. The Hall–Kier alpha value is -4.31. The Kier molecular flexibility index (Phi) is 5.41. The number of benzene rings is 3. The Bertz CT molecular complexity index is 1430. The lowest BCUT2D eigenvalue weighted by atomic mass is 10.1. The highest BCUT2D eigenvalue weighted by Gasteiger charge is 2.13. The molecule has 0 spiro atoms. The van der Waals surface area contributed by atoms with Gasteiger partial charge in [-0.05, 0) is 60.2 Å². The minimum absolute atomic E-state index is 0.000568. The first-order chi connectivity index (χ1) is 16.1. The molecule has 0 fully saturated rings. The van der Waals surface area contributed by atoms with E-state index < -0.39 is 4.92 Å². The molecule has 4 aromatic rings. The summed E-state index contributed by atoms with van der Waals surface area (Å²) in [7, 11) is 0. The van der Waals surface area contributed by atoms with E-state index in [1.807, 2.05) is 23.6 Å². The number of nitro benzene ring substituents is 1. The molecule has 0 radical (unpaired) electrons. The van der Waals surface area contributed by atoms with Gasteiger partial charge in [0.25, 0.3) is 5.69 Å². The third kappa shape index (κ3) is 4.37. The van der Waals surface area contributed by atoms with Crippen molar-refractivity contribution in [1.82, 2.24) is 4.68 Å². The van der Waals surface area contributed by atoms with E-state index in [0.29, 0.717) is 27.7 Å². The number of aromatic nitrogens is 1. The third-order valence-corrected chi connectivity index (χ3v) is 5.65. The summed E-state index contributed by atoms with van der Waals surface area (Å²) >= 11 is 1.35. The van der Waals surface area contributed by atoms with Crippen LogP contribution >= 0.6 is 11.3 Å². The van der Waals surface area contributed by atoms with E-state index in [1.165, 1.54) is 35.6 Å². The molecular formula is C23H15FN4O4S. The van der Waals surface area contributed by atoms with Gasteiger partial charge in [0, 0.05) is 23.1 Å². The van der Waals surface area contributed by atoms with E-state index in [4.69, 9.17) is 9.47 Å². The van der Waals surface area contributed by atoms with Crippen LogP contribution in [0, 0.1) is 15.9 Å². The maximum absolute atomic E-state index is 13.3. The fourth-order valence-corrected chi connectivity index (χ4v) is 4.04. The first-order valence-electron chi connectivity index (χ1n) is 9.76. The number of non-ortho nitro benzene ring substituents is 1. The summed E-state index contributed by atoms with van der Waals surface area (Å²) in [6.45, 7) is 0.181. The standard InChI is InChI=1S/C23H15FN4O4S/c24-17-4-6-18(7-5-17)26-23-27(25-12-15-1-10-21-22(11-15)32-14-31-21)20(13-33-23)16-2-8-19(9-3-16)28(29)30/h1-13H,14H2. The molecular weight excluding hydrogens is 447 g/mol. The van der Waals surface area contributed by atoms with Crippen LogP contribution in [0.4, 0.5) is 15.8 Å². The van der Waals surface area contributed by atoms with E-state index in [0.717, 1.165) is 11.1 Å². The second-order valence-electron chi connectivity index (χ2n) is 6.96. The molecule has 10 heteroatoms. The molecule has 0 N–H and O–H groups in total. The number of nitrogens with zero attached hydrogens (tertiary/aromatic N) is 4. The zero-order valence-electron chi connectivity index (χ0n) is 16.9. The van der Waals surface area contributed by atoms with Crippen LogP contribution in [-0.2, 0) is 0 Å². The molecule has 1 aliphatic heterocycles. The average molecular weight is 462 g/mol. The molecule has 33 heavy (non-hydrogen) atoms. The quantitative estimate of drug-likeness (QED) is 0.234. The minimum atomic E-state index is -0.446. The second kappa shape index (κ2) is 8.67. The molecule has 2 heterocycles. The summed E-state index contributed by atoms with van der Waals surface area (Å²) in [6, 6.07) is 17.5. The minimum Gasteiger partial charge on any atom is -0.454 e. The summed E-state index contributed by atoms with van der Waals surface area (Å²) in [5, 5.41) is 17.5. The van der Waals surface area contributed by atoms with Crippen LogP contribution in [0.5, 0.6) is 11.5 Å². The Morgan fingerprint density at radius 1 is 1.03 bits per heavy atom. The van der Waals surface area contributed by atoms with Crippen molar-refractivity contribution in [2.75, 3.05) is 6.79 Å². The number of hydrogen-bond acceptors (Lipinski definition) is 7. The van der Waals surface area contributed by atoms with Crippen LogP contribution in [0.25, 0.3) is 11.3 Å². The van der Waals surface area contributed by atoms with Gasteiger partial charge in [-0.15, -0.1) is 11.3 Å². The topological polar surface area (TPSA) is 91.2 Å². The van der Waals surface area contributed by atoms with Crippen molar-refractivity contribution in [2.24, 2.45) is 10.1 Å². The van der Waals surface area contributed by atoms with E-state index in [2.05, 4.69) is 10.1 Å². The van der Waals surface area contributed by atoms with Crippen LogP contribution in [0.2, 0.25) is 0 Å². The number of thiazole rings is 1. The second-order valence-corrected chi connectivity index (χ2v) is 7.80. The molecule has 0 atom stereocenters. The smallest absolute Gasteiger partial charge is 0.269 e. The molecule has 0 unspecified atom stereocenters. The largest absolute Gasteiger partial charge is 0.454 e. The van der Waals surface area contributed by atoms with Crippen LogP contribution in [0.15, 0.2) is 82.2 Å². The van der Waals surface area contributed by atoms with Gasteiger partial charge >= 0.3 is 0 Å². The van der Waals surface area contributed by atoms with Gasteiger partial charge in [-0.3, -0.25) is 10.1 Å². The maximum atomic E-state index is 13.3. The highest BCUT2D eigenvalue weighted by molar-refractivity contribution is 7.07. The SMILES string of the molecule is O=[N+]([O-])c1ccc(-c2csc(=Nc3ccc(F)cc3)n2N=Cc2ccc3c(c2)OCO3)cc1. The van der Waals surface area contributed by atoms with Gasteiger partial charge in [0.05, 0.1) is 22.5 Å². The number of ether oxygens (including phenoxy) is 2. The van der Waals surface area contributed by atoms with Crippen molar-refractivity contribution < 1.29 is 18.8 Å². The van der Waals surface area contributed by atoms with E-state index >= 15 is 0 Å². The molecule has 5 rings (SSSR count). The summed E-state index contributed by atoms with van der Waals surface area (Å²) in [4.78, 5) is 15.7. The van der Waals surface area contributed by atoms with Gasteiger partial charge in [0.1, 0.15) is 5.82 Å². The van der Waals surface area contributed by atoms with Crippen LogP contribution in [0.1, 0.15) is 5.56 Å². The Labute approximate surface area is 190 Å². The molecule has 0 saturated heterocycles. The molecule has 0 aliphatic carbocycles. The van der Waals surface area contributed by atoms with Gasteiger partial charge in [0.15, 0.2) is 11.5 Å². The molecule has 1 aromatic heterocycles. The van der Waals surface area contributed by atoms with Crippen molar-refractivity contribution in [3.63, 3.8) is 0 Å². The molecule has 0 bridgehead atoms. The van der Waals surface area contributed by atoms with E-state index in [1.54, 1.807) is 35.2 Å². The lowest BCUT2D eigenvalue weighted by Gasteiger charge is -2.04. The summed E-state index contributed by atoms with van der Waals surface area (Å²) in [6.07, 6.45) is 1.66. The van der Waals surface area contributed by atoms with Crippen LogP contribution in [-0.4, -0.2) is 22.6 Å². The van der Waals surface area contributed by atoms with Gasteiger partial charge in [0.2, 0.25) is 11.6 Å². The van der Waals surface area contributed by atoms with Crippen molar-refractivity contribution in [3.05, 3.63) is 98.4 Å². The first-order valence-corrected chi connectivity index (χ1v) is 10.6. The normalized spacial score (nSPS) is 13.1. The van der Waals surface area contributed by atoms with Crippen molar-refractivity contribution >= 4 is 28.9 Å². The first kappa shape index (κ1) is 20.6. The third-order valence-electron chi connectivity index (χ3n) is 4.83. The highest BCUT2D eigenvalue weighted by atomic mass is 32.1. The highest BCUT2D eigenvalue weighted by Crippen LogP contribution is 2.32. The van der Waals surface area contributed by atoms with Crippen LogP contribution < -0.4 is 14.3 Å². The van der Waals surface area contributed by atoms with Gasteiger partial charge in [-0.2, -0.15) is 5.10 Å². The number of fused-ring (bicyclic) bond motifs is 1. The predicted octanol–water partition coefficient (Wildman–Crippen LogP) is 5.11. The molecule has 164 valence electrons. The lowest BCUT2D eigenvalue weighted by molar-refractivity contribution is -0.384. The number of rotatable bonds is 5. The van der Waals surface area contributed by atoms with Crippen LogP contribution in [0.3, 0.4) is 0 Å². The summed E-state index contributed by atoms with van der Waals surface area (Å²) in [5.74, 6) is 0.968. The Balaban J connectivity index is 1.58. The molecule has 0 saturated carbocycles. The molecule has 3 aromatic carbocycles.